The highest BCUT2D eigenvalue weighted by Crippen LogP contribution is 1.95. The maximum absolute atomic E-state index is 9.88. The number of hydrogen-bond donors (Lipinski definition) is 1. The molecule has 0 spiro atoms. The molecule has 0 radical (unpaired) electrons. The Kier molecular flexibility index (Phi) is 3.12. The molecule has 0 aliphatic carbocycles. The van der Waals surface area contributed by atoms with Crippen molar-refractivity contribution >= 4 is 6.29 Å². The normalized spacial score (nSPS) is 27.0. The molecule has 0 aromatic carbocycles. The van der Waals surface area contributed by atoms with E-state index >= 15 is 0 Å². The van der Waals surface area contributed by atoms with Gasteiger partial charge in [-0.2, -0.15) is 0 Å². The summed E-state index contributed by atoms with van der Waals surface area (Å²) in [4.78, 5) is 9.88. The molecule has 3 heteroatoms. The molecule has 3 nitrogen and oxygen atoms in total. The fourth-order valence-corrected chi connectivity index (χ4v) is 0.879. The number of nitrogens with one attached hydrogen (secondary N) is 1. The van der Waals surface area contributed by atoms with Gasteiger partial charge in [-0.25, -0.2) is 0 Å². The first-order valence-corrected chi connectivity index (χ1v) is 3.38. The van der Waals surface area contributed by atoms with Crippen LogP contribution in [0.15, 0.2) is 12.2 Å². The number of carbonyl (C=O) groups is 1. The zero-order chi connectivity index (χ0) is 7.23. The summed E-state index contributed by atoms with van der Waals surface area (Å²) in [5, 5.41) is 3.15. The van der Waals surface area contributed by atoms with Gasteiger partial charge in [0.15, 0.2) is 0 Å². The largest absolute Gasteiger partial charge is 0.371 e. The topological polar surface area (TPSA) is 38.3 Å². The van der Waals surface area contributed by atoms with Crippen molar-refractivity contribution in [3.63, 3.8) is 0 Å². The van der Waals surface area contributed by atoms with E-state index in [0.717, 1.165) is 26.0 Å². The first-order valence-electron chi connectivity index (χ1n) is 3.38. The average Bonchev–Trinajstić information content (AvgIpc) is 2.03. The molecule has 1 atom stereocenters. The summed E-state index contributed by atoms with van der Waals surface area (Å²) in [6.45, 7) is 2.45. The molecule has 10 heavy (non-hydrogen) atoms. The molecule has 1 N–H and O–H groups in total. The second kappa shape index (κ2) is 4.19. The fraction of sp³-hybridized carbons (Fsp3) is 0.571. The lowest BCUT2D eigenvalue weighted by Crippen LogP contribution is -2.37. The molecule has 0 saturated carbocycles. The van der Waals surface area contributed by atoms with Crippen molar-refractivity contribution in [3.8, 4) is 0 Å². The highest BCUT2D eigenvalue weighted by Gasteiger charge is 2.08. The maximum Gasteiger partial charge on any atom is 0.142 e. The van der Waals surface area contributed by atoms with Crippen LogP contribution < -0.4 is 5.32 Å². The number of carbonyl (C=O) groups excluding carboxylic acids is 1. The number of ether oxygens (including phenoxy) is 1. The van der Waals surface area contributed by atoms with E-state index in [0.29, 0.717) is 0 Å². The monoisotopic (exact) mass is 141 g/mol. The third kappa shape index (κ3) is 2.29. The van der Waals surface area contributed by atoms with Crippen LogP contribution in [0.3, 0.4) is 0 Å². The van der Waals surface area contributed by atoms with Crippen molar-refractivity contribution < 1.29 is 9.53 Å². The van der Waals surface area contributed by atoms with E-state index in [1.165, 1.54) is 6.08 Å². The van der Waals surface area contributed by atoms with Crippen molar-refractivity contribution in [3.05, 3.63) is 12.2 Å². The van der Waals surface area contributed by atoms with Crippen LogP contribution in [-0.2, 0) is 9.53 Å². The first kappa shape index (κ1) is 7.44. The SMILES string of the molecule is O=C/C=C/[C@@H]1CNCCO1. The van der Waals surface area contributed by atoms with E-state index in [9.17, 15) is 4.79 Å². The molecular formula is C7H11NO2. The van der Waals surface area contributed by atoms with Gasteiger partial charge in [0.25, 0.3) is 0 Å². The zero-order valence-corrected chi connectivity index (χ0v) is 5.75. The van der Waals surface area contributed by atoms with Gasteiger partial charge in [-0.3, -0.25) is 4.79 Å². The summed E-state index contributed by atoms with van der Waals surface area (Å²) in [6, 6.07) is 0. The molecule has 1 aliphatic rings. The van der Waals surface area contributed by atoms with Gasteiger partial charge >= 0.3 is 0 Å². The van der Waals surface area contributed by atoms with Gasteiger partial charge in [-0.15, -0.1) is 0 Å². The molecule has 0 amide bonds. The zero-order valence-electron chi connectivity index (χ0n) is 5.75. The minimum atomic E-state index is 0.0824. The molecule has 1 heterocycles. The van der Waals surface area contributed by atoms with Gasteiger partial charge < -0.3 is 10.1 Å². The van der Waals surface area contributed by atoms with Gasteiger partial charge in [0.2, 0.25) is 0 Å². The smallest absolute Gasteiger partial charge is 0.142 e. The number of morpholine rings is 1. The molecule has 1 rings (SSSR count). The maximum atomic E-state index is 9.88. The minimum absolute atomic E-state index is 0.0824. The second-order valence-electron chi connectivity index (χ2n) is 2.13. The van der Waals surface area contributed by atoms with E-state index in [1.807, 2.05) is 0 Å². The summed E-state index contributed by atoms with van der Waals surface area (Å²) in [5.74, 6) is 0. The van der Waals surface area contributed by atoms with E-state index < -0.39 is 0 Å². The molecule has 1 fully saturated rings. The van der Waals surface area contributed by atoms with Crippen LogP contribution in [0.4, 0.5) is 0 Å². The summed E-state index contributed by atoms with van der Waals surface area (Å²) >= 11 is 0. The molecule has 1 saturated heterocycles. The Morgan fingerprint density at radius 1 is 1.60 bits per heavy atom. The number of allylic oxidation sites excluding steroid dienone is 1. The van der Waals surface area contributed by atoms with Crippen molar-refractivity contribution in [2.75, 3.05) is 19.7 Å². The highest BCUT2D eigenvalue weighted by atomic mass is 16.5. The van der Waals surface area contributed by atoms with Gasteiger partial charge in [0.05, 0.1) is 12.7 Å². The van der Waals surface area contributed by atoms with Gasteiger partial charge in [0, 0.05) is 13.1 Å². The minimum Gasteiger partial charge on any atom is -0.371 e. The predicted octanol–water partition coefficient (Wildman–Crippen LogP) is -0.270. The summed E-state index contributed by atoms with van der Waals surface area (Å²) in [6.07, 6.45) is 4.08. The van der Waals surface area contributed by atoms with Gasteiger partial charge in [-0.05, 0) is 6.08 Å². The molecule has 0 unspecified atom stereocenters. The van der Waals surface area contributed by atoms with E-state index in [4.69, 9.17) is 4.74 Å². The molecular weight excluding hydrogens is 130 g/mol. The Bertz CT molecular complexity index is 128. The van der Waals surface area contributed by atoms with E-state index in [2.05, 4.69) is 5.32 Å². The van der Waals surface area contributed by atoms with Crippen molar-refractivity contribution in [1.82, 2.24) is 5.32 Å². The first-order chi connectivity index (χ1) is 4.93. The molecule has 0 aromatic heterocycles. The summed E-state index contributed by atoms with van der Waals surface area (Å²) < 4.78 is 5.27. The van der Waals surface area contributed by atoms with E-state index in [-0.39, 0.29) is 6.10 Å². The Labute approximate surface area is 60.1 Å². The van der Waals surface area contributed by atoms with Crippen LogP contribution in [0.5, 0.6) is 0 Å². The van der Waals surface area contributed by atoms with Crippen LogP contribution in [0.25, 0.3) is 0 Å². The molecule has 0 bridgehead atoms. The highest BCUT2D eigenvalue weighted by molar-refractivity contribution is 5.64. The van der Waals surface area contributed by atoms with Crippen molar-refractivity contribution in [1.29, 1.82) is 0 Å². The molecule has 56 valence electrons. The van der Waals surface area contributed by atoms with Crippen LogP contribution in [0.2, 0.25) is 0 Å². The predicted molar refractivity (Wildman–Crippen MR) is 37.8 cm³/mol. The van der Waals surface area contributed by atoms with Crippen molar-refractivity contribution in [2.24, 2.45) is 0 Å². The molecule has 1 aliphatic heterocycles. The Balaban J connectivity index is 2.25. The van der Waals surface area contributed by atoms with E-state index in [1.54, 1.807) is 6.08 Å². The van der Waals surface area contributed by atoms with Crippen LogP contribution in [0, 0.1) is 0 Å². The Morgan fingerprint density at radius 2 is 2.50 bits per heavy atom. The second-order valence-corrected chi connectivity index (χ2v) is 2.13. The van der Waals surface area contributed by atoms with Gasteiger partial charge in [0.1, 0.15) is 6.29 Å². The lowest BCUT2D eigenvalue weighted by Gasteiger charge is -2.20. The number of hydrogen-bond acceptors (Lipinski definition) is 3. The average molecular weight is 141 g/mol. The summed E-state index contributed by atoms with van der Waals surface area (Å²) in [5.41, 5.74) is 0. The van der Waals surface area contributed by atoms with Crippen LogP contribution in [0.1, 0.15) is 0 Å². The fourth-order valence-electron chi connectivity index (χ4n) is 0.879. The summed E-state index contributed by atoms with van der Waals surface area (Å²) in [7, 11) is 0. The quantitative estimate of drug-likeness (QED) is 0.425. The Morgan fingerprint density at radius 3 is 3.10 bits per heavy atom. The molecule has 0 aromatic rings. The van der Waals surface area contributed by atoms with Crippen molar-refractivity contribution in [2.45, 2.75) is 6.10 Å². The third-order valence-corrected chi connectivity index (χ3v) is 1.36. The van der Waals surface area contributed by atoms with Crippen LogP contribution in [-0.4, -0.2) is 32.1 Å². The Hall–Kier alpha value is -0.670. The number of rotatable bonds is 2. The standard InChI is InChI=1S/C7H11NO2/c9-4-1-2-7-6-8-3-5-10-7/h1-2,4,7-8H,3,5-6H2/b2-1+/t7-/m1/s1. The van der Waals surface area contributed by atoms with Gasteiger partial charge in [-0.1, -0.05) is 6.08 Å². The third-order valence-electron chi connectivity index (χ3n) is 1.36. The lowest BCUT2D eigenvalue weighted by molar-refractivity contribution is -0.104. The van der Waals surface area contributed by atoms with Crippen LogP contribution >= 0.6 is 0 Å². The lowest BCUT2D eigenvalue weighted by atomic mass is 10.3. The number of aldehydes is 1.